The number of allylic oxidation sites excluding steroid dienone is 3. The molecule has 2 unspecified atom stereocenters. The third-order valence-electron chi connectivity index (χ3n) is 15.0. The summed E-state index contributed by atoms with van der Waals surface area (Å²) in [6.45, 7) is 4.93. The van der Waals surface area contributed by atoms with Crippen LogP contribution in [-0.2, 0) is 14.3 Å². The third-order valence-corrected chi connectivity index (χ3v) is 15.0. The molecule has 0 saturated heterocycles. The fourth-order valence-electron chi connectivity index (χ4n) is 10.0. The second-order valence-electron chi connectivity index (χ2n) is 22.1. The summed E-state index contributed by atoms with van der Waals surface area (Å²) in [5.74, 6) is -0.0556. The molecule has 0 aliphatic carbocycles. The highest BCUT2D eigenvalue weighted by Crippen LogP contribution is 2.18. The van der Waals surface area contributed by atoms with E-state index in [1.807, 2.05) is 6.08 Å². The van der Waals surface area contributed by atoms with Crippen LogP contribution in [0.5, 0.6) is 0 Å². The molecule has 1 amide bonds. The van der Waals surface area contributed by atoms with Gasteiger partial charge in [0.1, 0.15) is 0 Å². The third kappa shape index (κ3) is 57.5. The van der Waals surface area contributed by atoms with E-state index in [1.165, 1.54) is 289 Å². The Morgan fingerprint density at radius 1 is 0.380 bits per heavy atom. The molecule has 0 heterocycles. The Hall–Kier alpha value is -1.66. The van der Waals surface area contributed by atoms with E-state index in [9.17, 15) is 19.8 Å². The van der Waals surface area contributed by atoms with Gasteiger partial charge in [-0.1, -0.05) is 308 Å². The lowest BCUT2D eigenvalue weighted by Gasteiger charge is -2.20. The molecule has 0 aliphatic rings. The van der Waals surface area contributed by atoms with Crippen LogP contribution in [0.1, 0.15) is 354 Å². The van der Waals surface area contributed by atoms with Crippen LogP contribution in [-0.4, -0.2) is 47.4 Å². The molecule has 6 nitrogen and oxygen atoms in total. The fourth-order valence-corrected chi connectivity index (χ4v) is 10.0. The van der Waals surface area contributed by atoms with E-state index in [1.54, 1.807) is 6.08 Å². The van der Waals surface area contributed by atoms with Crippen molar-refractivity contribution in [2.75, 3.05) is 13.2 Å². The van der Waals surface area contributed by atoms with E-state index >= 15 is 0 Å². The van der Waals surface area contributed by atoms with Crippen molar-refractivity contribution in [2.45, 2.75) is 366 Å². The van der Waals surface area contributed by atoms with Crippen LogP contribution in [0.4, 0.5) is 0 Å². The van der Waals surface area contributed by atoms with Crippen molar-refractivity contribution in [3.63, 3.8) is 0 Å². The molecule has 2 atom stereocenters. The molecule has 71 heavy (non-hydrogen) atoms. The number of hydrogen-bond donors (Lipinski definition) is 3. The lowest BCUT2D eigenvalue weighted by Crippen LogP contribution is -2.45. The number of esters is 1. The van der Waals surface area contributed by atoms with E-state index in [2.05, 4.69) is 31.3 Å². The number of aliphatic hydroxyl groups is 2. The molecule has 0 bridgehead atoms. The molecule has 0 aromatic heterocycles. The van der Waals surface area contributed by atoms with Crippen LogP contribution in [0.25, 0.3) is 0 Å². The summed E-state index contributed by atoms with van der Waals surface area (Å²) in [5.41, 5.74) is 0. The Kier molecular flexibility index (Phi) is 59.5. The van der Waals surface area contributed by atoms with Crippen LogP contribution in [0, 0.1) is 0 Å². The van der Waals surface area contributed by atoms with Crippen LogP contribution in [0.2, 0.25) is 0 Å². The van der Waals surface area contributed by atoms with Gasteiger partial charge in [-0.25, -0.2) is 0 Å². The highest BCUT2D eigenvalue weighted by molar-refractivity contribution is 5.76. The lowest BCUT2D eigenvalue weighted by molar-refractivity contribution is -0.143. The molecule has 0 aromatic carbocycles. The van der Waals surface area contributed by atoms with Gasteiger partial charge < -0.3 is 20.3 Å². The molecule has 0 fully saturated rings. The van der Waals surface area contributed by atoms with Gasteiger partial charge in [0.2, 0.25) is 5.91 Å². The minimum Gasteiger partial charge on any atom is -0.466 e. The minimum atomic E-state index is -0.847. The van der Waals surface area contributed by atoms with Crippen molar-refractivity contribution in [1.29, 1.82) is 0 Å². The smallest absolute Gasteiger partial charge is 0.305 e. The first kappa shape index (κ1) is 69.3. The zero-order chi connectivity index (χ0) is 51.4. The number of unbranched alkanes of at least 4 members (excludes halogenated alkanes) is 47. The van der Waals surface area contributed by atoms with E-state index in [4.69, 9.17) is 4.74 Å². The topological polar surface area (TPSA) is 95.9 Å². The quantitative estimate of drug-likeness (QED) is 0.0320. The van der Waals surface area contributed by atoms with E-state index in [-0.39, 0.29) is 18.5 Å². The Balaban J connectivity index is 3.42. The lowest BCUT2D eigenvalue weighted by atomic mass is 10.0. The first-order valence-corrected chi connectivity index (χ1v) is 32.1. The number of carbonyl (C=O) groups excluding carboxylic acids is 2. The first-order chi connectivity index (χ1) is 35.0. The number of ether oxygens (including phenoxy) is 1. The van der Waals surface area contributed by atoms with Crippen molar-refractivity contribution in [1.82, 2.24) is 5.32 Å². The average molecular weight is 1000 g/mol. The summed E-state index contributed by atoms with van der Waals surface area (Å²) in [6, 6.07) is -0.631. The SMILES string of the molecule is CCCCCCCCCCCCCCCC/C=C/C(O)C(CO)NC(=O)CCCCCCCCCC/C=C\CCCCCCCCCCCCCCOC(=O)CCCCCCCCCCCCCCCC. The monoisotopic (exact) mass is 1000 g/mol. The Morgan fingerprint density at radius 2 is 0.662 bits per heavy atom. The number of rotatable bonds is 60. The van der Waals surface area contributed by atoms with Gasteiger partial charge in [-0.3, -0.25) is 9.59 Å². The molecular formula is C65H125NO5. The van der Waals surface area contributed by atoms with Crippen molar-refractivity contribution in [3.8, 4) is 0 Å². The summed E-state index contributed by atoms with van der Waals surface area (Å²) in [7, 11) is 0. The summed E-state index contributed by atoms with van der Waals surface area (Å²) in [5, 5.41) is 23.1. The maximum Gasteiger partial charge on any atom is 0.305 e. The Bertz CT molecular complexity index is 1110. The second kappa shape index (κ2) is 60.9. The molecule has 420 valence electrons. The number of nitrogens with one attached hydrogen (secondary N) is 1. The van der Waals surface area contributed by atoms with Crippen molar-refractivity contribution in [2.24, 2.45) is 0 Å². The van der Waals surface area contributed by atoms with Crippen LogP contribution < -0.4 is 5.32 Å². The van der Waals surface area contributed by atoms with Gasteiger partial charge in [0.25, 0.3) is 0 Å². The normalized spacial score (nSPS) is 12.7. The highest BCUT2D eigenvalue weighted by Gasteiger charge is 2.18. The van der Waals surface area contributed by atoms with Gasteiger partial charge >= 0.3 is 5.97 Å². The zero-order valence-corrected chi connectivity index (χ0v) is 48.0. The van der Waals surface area contributed by atoms with Gasteiger partial charge in [-0.15, -0.1) is 0 Å². The molecule has 0 rings (SSSR count). The molecule has 0 spiro atoms. The molecule has 0 aromatic rings. The number of hydrogen-bond acceptors (Lipinski definition) is 5. The predicted octanol–water partition coefficient (Wildman–Crippen LogP) is 20.2. The molecule has 0 aliphatic heterocycles. The maximum atomic E-state index is 12.5. The predicted molar refractivity (Wildman–Crippen MR) is 310 cm³/mol. The van der Waals surface area contributed by atoms with Crippen LogP contribution >= 0.6 is 0 Å². The Labute approximate surface area is 443 Å². The maximum absolute atomic E-state index is 12.5. The van der Waals surface area contributed by atoms with Crippen molar-refractivity contribution >= 4 is 11.9 Å². The Morgan fingerprint density at radius 3 is 1.00 bits per heavy atom. The number of carbonyl (C=O) groups is 2. The van der Waals surface area contributed by atoms with Crippen molar-refractivity contribution < 1.29 is 24.5 Å². The first-order valence-electron chi connectivity index (χ1n) is 32.1. The zero-order valence-electron chi connectivity index (χ0n) is 48.0. The highest BCUT2D eigenvalue weighted by atomic mass is 16.5. The van der Waals surface area contributed by atoms with Gasteiger partial charge in [-0.05, 0) is 57.8 Å². The van der Waals surface area contributed by atoms with Gasteiger partial charge in [-0.2, -0.15) is 0 Å². The minimum absolute atomic E-state index is 0.0147. The van der Waals surface area contributed by atoms with Gasteiger partial charge in [0, 0.05) is 12.8 Å². The molecule has 0 saturated carbocycles. The fraction of sp³-hybridized carbons (Fsp3) is 0.908. The summed E-state index contributed by atoms with van der Waals surface area (Å²) in [4.78, 5) is 24.5. The standard InChI is InChI=1S/C65H125NO5/c1-3-5-7-9-11-13-15-17-19-30-33-37-41-45-49-53-57-63(68)62(61-67)66-64(69)58-54-50-46-42-38-34-31-28-26-24-22-20-21-23-25-27-29-32-36-40-44-48-52-56-60-71-65(70)59-55-51-47-43-39-35-18-16-14-12-10-8-6-4-2/h22,24,53,57,62-63,67-68H,3-21,23,25-52,54-56,58-61H2,1-2H3,(H,66,69)/b24-22-,57-53+. The van der Waals surface area contributed by atoms with Crippen molar-refractivity contribution in [3.05, 3.63) is 24.3 Å². The number of amides is 1. The second-order valence-corrected chi connectivity index (χ2v) is 22.1. The molecule has 0 radical (unpaired) electrons. The molecular weight excluding hydrogens is 875 g/mol. The van der Waals surface area contributed by atoms with Gasteiger partial charge in [0.05, 0.1) is 25.4 Å². The van der Waals surface area contributed by atoms with E-state index < -0.39 is 12.1 Å². The molecule has 6 heteroatoms. The summed E-state index contributed by atoms with van der Waals surface area (Å²) >= 11 is 0. The summed E-state index contributed by atoms with van der Waals surface area (Å²) < 4.78 is 5.49. The summed E-state index contributed by atoms with van der Waals surface area (Å²) in [6.07, 6.45) is 75.1. The van der Waals surface area contributed by atoms with Gasteiger partial charge in [0.15, 0.2) is 0 Å². The largest absolute Gasteiger partial charge is 0.466 e. The average Bonchev–Trinajstić information content (AvgIpc) is 3.37. The van der Waals surface area contributed by atoms with E-state index in [0.717, 1.165) is 38.5 Å². The van der Waals surface area contributed by atoms with E-state index in [0.29, 0.717) is 19.4 Å². The molecule has 3 N–H and O–H groups in total. The van der Waals surface area contributed by atoms with Crippen LogP contribution in [0.15, 0.2) is 24.3 Å². The van der Waals surface area contributed by atoms with Crippen LogP contribution in [0.3, 0.4) is 0 Å². The number of aliphatic hydroxyl groups excluding tert-OH is 2.